The summed E-state index contributed by atoms with van der Waals surface area (Å²) in [6.45, 7) is 2.36. The molecular formula is C21H23FN4O2. The number of aromatic nitrogens is 2. The van der Waals surface area contributed by atoms with Gasteiger partial charge < -0.3 is 10.2 Å². The van der Waals surface area contributed by atoms with Gasteiger partial charge in [-0.3, -0.25) is 14.6 Å². The Bertz CT molecular complexity index is 919. The minimum absolute atomic E-state index is 0.0346. The van der Waals surface area contributed by atoms with Gasteiger partial charge in [0.15, 0.2) is 0 Å². The predicted molar refractivity (Wildman–Crippen MR) is 102 cm³/mol. The number of amides is 2. The lowest BCUT2D eigenvalue weighted by Crippen LogP contribution is -2.46. The van der Waals surface area contributed by atoms with Crippen molar-refractivity contribution < 1.29 is 14.0 Å². The van der Waals surface area contributed by atoms with Crippen LogP contribution in [0.2, 0.25) is 0 Å². The summed E-state index contributed by atoms with van der Waals surface area (Å²) in [5.41, 5.74) is 1.09. The average Bonchev–Trinajstić information content (AvgIpc) is 2.97. The van der Waals surface area contributed by atoms with Gasteiger partial charge in [-0.25, -0.2) is 9.37 Å². The second-order valence-corrected chi connectivity index (χ2v) is 7.78. The molecule has 6 nitrogen and oxygen atoms in total. The molecule has 7 heteroatoms. The van der Waals surface area contributed by atoms with Crippen molar-refractivity contribution >= 4 is 17.5 Å². The Balaban J connectivity index is 1.47. The maximum Gasteiger partial charge on any atom is 0.271 e. The van der Waals surface area contributed by atoms with Gasteiger partial charge in [0.2, 0.25) is 5.91 Å². The number of halogens is 1. The zero-order valence-electron chi connectivity index (χ0n) is 15.8. The summed E-state index contributed by atoms with van der Waals surface area (Å²) in [6, 6.07) is 6.07. The van der Waals surface area contributed by atoms with Crippen molar-refractivity contribution in [3.05, 3.63) is 53.9 Å². The van der Waals surface area contributed by atoms with E-state index in [1.54, 1.807) is 30.2 Å². The highest BCUT2D eigenvalue weighted by atomic mass is 19.1. The molecule has 1 aromatic carbocycles. The largest absolute Gasteiger partial charge is 0.348 e. The highest BCUT2D eigenvalue weighted by molar-refractivity contribution is 6.00. The van der Waals surface area contributed by atoms with Crippen molar-refractivity contribution in [3.63, 3.8) is 0 Å². The van der Waals surface area contributed by atoms with E-state index in [0.717, 1.165) is 25.7 Å². The minimum Gasteiger partial charge on any atom is -0.348 e. The third kappa shape index (κ3) is 3.48. The molecule has 2 heterocycles. The van der Waals surface area contributed by atoms with E-state index in [-0.39, 0.29) is 23.7 Å². The highest BCUT2D eigenvalue weighted by Crippen LogP contribution is 2.46. The maximum atomic E-state index is 13.6. The lowest BCUT2D eigenvalue weighted by molar-refractivity contribution is -0.127. The Morgan fingerprint density at radius 3 is 2.96 bits per heavy atom. The molecule has 1 aliphatic heterocycles. The molecule has 2 fully saturated rings. The second-order valence-electron chi connectivity index (χ2n) is 7.78. The number of carbonyl (C=O) groups excluding carboxylic acids is 2. The third-order valence-electron chi connectivity index (χ3n) is 5.80. The smallest absolute Gasteiger partial charge is 0.271 e. The maximum absolute atomic E-state index is 13.6. The molecule has 0 radical (unpaired) electrons. The van der Waals surface area contributed by atoms with Crippen LogP contribution < -0.4 is 10.2 Å². The van der Waals surface area contributed by atoms with Gasteiger partial charge >= 0.3 is 0 Å². The van der Waals surface area contributed by atoms with Gasteiger partial charge in [0.05, 0.1) is 17.3 Å². The molecule has 1 aromatic heterocycles. The molecule has 2 aliphatic rings. The van der Waals surface area contributed by atoms with Crippen molar-refractivity contribution in [2.45, 2.75) is 45.1 Å². The number of hydrogen-bond acceptors (Lipinski definition) is 4. The lowest BCUT2D eigenvalue weighted by Gasteiger charge is -2.36. The van der Waals surface area contributed by atoms with E-state index < -0.39 is 5.41 Å². The predicted octanol–water partition coefficient (Wildman–Crippen LogP) is 3.02. The summed E-state index contributed by atoms with van der Waals surface area (Å²) in [4.78, 5) is 35.6. The fraction of sp³-hybridized carbons (Fsp3) is 0.429. The summed E-state index contributed by atoms with van der Waals surface area (Å²) in [7, 11) is 0. The van der Waals surface area contributed by atoms with Gasteiger partial charge in [-0.15, -0.1) is 0 Å². The van der Waals surface area contributed by atoms with Crippen molar-refractivity contribution in [2.24, 2.45) is 5.41 Å². The van der Waals surface area contributed by atoms with E-state index in [0.29, 0.717) is 30.0 Å². The molecule has 146 valence electrons. The summed E-state index contributed by atoms with van der Waals surface area (Å²) in [6.07, 6.45) is 6.88. The number of carbonyl (C=O) groups is 2. The Morgan fingerprint density at radius 2 is 2.18 bits per heavy atom. The SMILES string of the molecule is Cc1cncc(C(=O)N[C@H]2CCC[C@@]3(CCN(c4cccc(F)c4)C3=O)C2)n1. The summed E-state index contributed by atoms with van der Waals surface area (Å²) >= 11 is 0. The molecule has 2 atom stereocenters. The van der Waals surface area contributed by atoms with Gasteiger partial charge in [-0.1, -0.05) is 12.5 Å². The number of hydrogen-bond donors (Lipinski definition) is 1. The van der Waals surface area contributed by atoms with E-state index in [1.165, 1.54) is 18.3 Å². The van der Waals surface area contributed by atoms with E-state index in [4.69, 9.17) is 0 Å². The number of nitrogens with zero attached hydrogens (tertiary/aromatic N) is 3. The molecule has 1 saturated heterocycles. The van der Waals surface area contributed by atoms with Crippen LogP contribution >= 0.6 is 0 Å². The van der Waals surface area contributed by atoms with E-state index in [2.05, 4.69) is 15.3 Å². The molecule has 1 aliphatic carbocycles. The third-order valence-corrected chi connectivity index (χ3v) is 5.80. The molecular weight excluding hydrogens is 359 g/mol. The van der Waals surface area contributed by atoms with E-state index in [9.17, 15) is 14.0 Å². The van der Waals surface area contributed by atoms with E-state index >= 15 is 0 Å². The molecule has 28 heavy (non-hydrogen) atoms. The van der Waals surface area contributed by atoms with Crippen LogP contribution in [0, 0.1) is 18.2 Å². The standard InChI is InChI=1S/C21H23FN4O2/c1-14-12-23-13-18(24-14)19(27)25-16-5-3-7-21(11-16)8-9-26(20(21)28)17-6-2-4-15(22)10-17/h2,4,6,10,12-13,16H,3,5,7-9,11H2,1H3,(H,25,27)/t16-,21+/m0/s1. The fourth-order valence-corrected chi connectivity index (χ4v) is 4.45. The zero-order chi connectivity index (χ0) is 19.7. The van der Waals surface area contributed by atoms with Crippen molar-refractivity contribution in [2.75, 3.05) is 11.4 Å². The normalized spacial score (nSPS) is 24.6. The lowest BCUT2D eigenvalue weighted by atomic mass is 9.71. The van der Waals surface area contributed by atoms with Crippen LogP contribution in [-0.2, 0) is 4.79 Å². The Hall–Kier alpha value is -2.83. The number of anilines is 1. The molecule has 0 bridgehead atoms. The van der Waals surface area contributed by atoms with Crippen molar-refractivity contribution in [1.82, 2.24) is 15.3 Å². The molecule has 2 aromatic rings. The van der Waals surface area contributed by atoms with Crippen LogP contribution in [0.5, 0.6) is 0 Å². The molecule has 1 spiro atoms. The van der Waals surface area contributed by atoms with Gasteiger partial charge in [0.1, 0.15) is 11.5 Å². The van der Waals surface area contributed by atoms with Crippen LogP contribution in [0.4, 0.5) is 10.1 Å². The highest BCUT2D eigenvalue weighted by Gasteiger charge is 2.49. The minimum atomic E-state index is -0.485. The van der Waals surface area contributed by atoms with Crippen LogP contribution in [0.1, 0.15) is 48.3 Å². The Labute approximate surface area is 163 Å². The monoisotopic (exact) mass is 382 g/mol. The topological polar surface area (TPSA) is 75.2 Å². The first kappa shape index (κ1) is 18.5. The van der Waals surface area contributed by atoms with Gasteiger partial charge in [0, 0.05) is 24.5 Å². The summed E-state index contributed by atoms with van der Waals surface area (Å²) in [5.74, 6) is -0.572. The first-order chi connectivity index (χ1) is 13.5. The summed E-state index contributed by atoms with van der Waals surface area (Å²) in [5, 5.41) is 3.03. The fourth-order valence-electron chi connectivity index (χ4n) is 4.45. The first-order valence-electron chi connectivity index (χ1n) is 9.64. The van der Waals surface area contributed by atoms with Crippen LogP contribution in [-0.4, -0.2) is 34.4 Å². The summed E-state index contributed by atoms with van der Waals surface area (Å²) < 4.78 is 13.6. The van der Waals surface area contributed by atoms with Crippen molar-refractivity contribution in [3.8, 4) is 0 Å². The Kier molecular flexibility index (Phi) is 4.83. The number of rotatable bonds is 3. The van der Waals surface area contributed by atoms with Crippen molar-refractivity contribution in [1.29, 1.82) is 0 Å². The van der Waals surface area contributed by atoms with Crippen LogP contribution in [0.15, 0.2) is 36.7 Å². The number of nitrogens with one attached hydrogen (secondary N) is 1. The van der Waals surface area contributed by atoms with E-state index in [1.807, 2.05) is 0 Å². The van der Waals surface area contributed by atoms with Crippen LogP contribution in [0.3, 0.4) is 0 Å². The Morgan fingerprint density at radius 1 is 1.32 bits per heavy atom. The van der Waals surface area contributed by atoms with Gasteiger partial charge in [-0.2, -0.15) is 0 Å². The quantitative estimate of drug-likeness (QED) is 0.885. The van der Waals surface area contributed by atoms with Gasteiger partial charge in [-0.05, 0) is 50.8 Å². The van der Waals surface area contributed by atoms with Gasteiger partial charge in [0.25, 0.3) is 5.91 Å². The molecule has 0 unspecified atom stereocenters. The molecule has 4 rings (SSSR count). The number of aryl methyl sites for hydroxylation is 1. The first-order valence-corrected chi connectivity index (χ1v) is 9.64. The number of benzene rings is 1. The molecule has 2 amide bonds. The molecule has 1 saturated carbocycles. The molecule has 1 N–H and O–H groups in total. The zero-order valence-corrected chi connectivity index (χ0v) is 15.8. The second kappa shape index (κ2) is 7.30. The average molecular weight is 382 g/mol. The van der Waals surface area contributed by atoms with Crippen LogP contribution in [0.25, 0.3) is 0 Å².